The van der Waals surface area contributed by atoms with E-state index in [0.29, 0.717) is 32.2 Å². The number of hydrogen-bond donors (Lipinski definition) is 1. The first kappa shape index (κ1) is 17.1. The molecule has 1 fully saturated rings. The summed E-state index contributed by atoms with van der Waals surface area (Å²) in [4.78, 5) is 29.4. The molecule has 3 heterocycles. The van der Waals surface area contributed by atoms with Gasteiger partial charge in [0.25, 0.3) is 5.91 Å². The summed E-state index contributed by atoms with van der Waals surface area (Å²) in [6, 6.07) is 0.00370. The van der Waals surface area contributed by atoms with Crippen LogP contribution in [0.1, 0.15) is 55.2 Å². The number of rotatable bonds is 7. The highest BCUT2D eigenvalue weighted by Crippen LogP contribution is 2.37. The van der Waals surface area contributed by atoms with E-state index in [1.807, 2.05) is 4.90 Å². The Morgan fingerprint density at radius 1 is 1.40 bits per heavy atom. The summed E-state index contributed by atoms with van der Waals surface area (Å²) >= 11 is 0. The third kappa shape index (κ3) is 4.02. The van der Waals surface area contributed by atoms with Crippen LogP contribution in [0.25, 0.3) is 0 Å². The molecule has 2 amide bonds. The molecule has 9 heteroatoms. The SMILES string of the molecule is C#CCCC1(CCC(=O)N2CCCC(n3cnc(C(N)=O)n3)C2)N=N1. The molecule has 0 aliphatic carbocycles. The predicted octanol–water partition coefficient (Wildman–Crippen LogP) is 0.896. The number of carbonyl (C=O) groups is 2. The van der Waals surface area contributed by atoms with E-state index in [1.54, 1.807) is 4.68 Å². The lowest BCUT2D eigenvalue weighted by molar-refractivity contribution is -0.133. The molecule has 0 radical (unpaired) electrons. The third-order valence-corrected chi connectivity index (χ3v) is 4.64. The monoisotopic (exact) mass is 343 g/mol. The van der Waals surface area contributed by atoms with Gasteiger partial charge in [0.05, 0.1) is 6.04 Å². The summed E-state index contributed by atoms with van der Waals surface area (Å²) < 4.78 is 1.62. The van der Waals surface area contributed by atoms with Crippen molar-refractivity contribution in [3.05, 3.63) is 12.2 Å². The highest BCUT2D eigenvalue weighted by molar-refractivity contribution is 5.88. The van der Waals surface area contributed by atoms with Crippen molar-refractivity contribution >= 4 is 11.8 Å². The van der Waals surface area contributed by atoms with Gasteiger partial charge in [-0.25, -0.2) is 9.67 Å². The maximum Gasteiger partial charge on any atom is 0.288 e. The minimum Gasteiger partial charge on any atom is -0.363 e. The number of hydrogen-bond acceptors (Lipinski definition) is 6. The van der Waals surface area contributed by atoms with E-state index >= 15 is 0 Å². The molecule has 25 heavy (non-hydrogen) atoms. The van der Waals surface area contributed by atoms with Crippen LogP contribution in [0.15, 0.2) is 16.6 Å². The van der Waals surface area contributed by atoms with Gasteiger partial charge in [0.1, 0.15) is 6.33 Å². The van der Waals surface area contributed by atoms with Crippen LogP contribution in [0.4, 0.5) is 0 Å². The Labute approximate surface area is 145 Å². The molecule has 1 atom stereocenters. The van der Waals surface area contributed by atoms with Crippen LogP contribution in [0, 0.1) is 12.3 Å². The molecule has 1 aromatic heterocycles. The zero-order valence-electron chi connectivity index (χ0n) is 14.0. The minimum atomic E-state index is -0.656. The van der Waals surface area contributed by atoms with Crippen LogP contribution < -0.4 is 5.73 Å². The fraction of sp³-hybridized carbons (Fsp3) is 0.625. The van der Waals surface area contributed by atoms with Gasteiger partial charge in [-0.1, -0.05) is 0 Å². The molecule has 0 spiro atoms. The van der Waals surface area contributed by atoms with Crippen LogP contribution in [0.2, 0.25) is 0 Å². The Morgan fingerprint density at radius 3 is 2.84 bits per heavy atom. The summed E-state index contributed by atoms with van der Waals surface area (Å²) in [7, 11) is 0. The first-order chi connectivity index (χ1) is 12.0. The Balaban J connectivity index is 1.53. The first-order valence-corrected chi connectivity index (χ1v) is 8.39. The lowest BCUT2D eigenvalue weighted by Gasteiger charge is -2.32. The van der Waals surface area contributed by atoms with E-state index in [-0.39, 0.29) is 17.8 Å². The molecule has 1 aromatic rings. The summed E-state index contributed by atoms with van der Waals surface area (Å²) in [5.74, 6) is 2.01. The van der Waals surface area contributed by atoms with E-state index in [0.717, 1.165) is 19.4 Å². The smallest absolute Gasteiger partial charge is 0.288 e. The summed E-state index contributed by atoms with van der Waals surface area (Å²) in [5, 5.41) is 12.2. The standard InChI is InChI=1S/C16H21N7O2/c1-2-3-7-16(20-21-16)8-6-13(24)22-9-4-5-12(10-22)23-11-18-15(19-23)14(17)25/h1,11-12H,3-10H2,(H2,17,25). The number of likely N-dealkylation sites (tertiary alicyclic amines) is 1. The molecule has 0 bridgehead atoms. The fourth-order valence-electron chi connectivity index (χ4n) is 3.09. The highest BCUT2D eigenvalue weighted by Gasteiger charge is 2.40. The maximum atomic E-state index is 12.5. The zero-order valence-corrected chi connectivity index (χ0v) is 14.0. The normalized spacial score (nSPS) is 20.9. The van der Waals surface area contributed by atoms with Crippen molar-refractivity contribution in [3.63, 3.8) is 0 Å². The van der Waals surface area contributed by atoms with Crippen molar-refractivity contribution < 1.29 is 9.59 Å². The molecule has 0 aromatic carbocycles. The van der Waals surface area contributed by atoms with E-state index in [9.17, 15) is 9.59 Å². The van der Waals surface area contributed by atoms with E-state index in [4.69, 9.17) is 12.2 Å². The molecule has 132 valence electrons. The molecule has 2 aliphatic rings. The Bertz CT molecular complexity index is 727. The number of nitrogens with two attached hydrogens (primary N) is 1. The largest absolute Gasteiger partial charge is 0.363 e. The fourth-order valence-corrected chi connectivity index (χ4v) is 3.09. The van der Waals surface area contributed by atoms with Gasteiger partial charge < -0.3 is 10.6 Å². The molecule has 2 aliphatic heterocycles. The Morgan fingerprint density at radius 2 is 2.20 bits per heavy atom. The summed E-state index contributed by atoms with van der Waals surface area (Å²) in [6.07, 6.45) is 10.8. The zero-order chi connectivity index (χ0) is 17.9. The van der Waals surface area contributed by atoms with Crippen molar-refractivity contribution in [1.82, 2.24) is 19.7 Å². The van der Waals surface area contributed by atoms with Crippen molar-refractivity contribution in [2.24, 2.45) is 16.0 Å². The van der Waals surface area contributed by atoms with Gasteiger partial charge in [0, 0.05) is 38.8 Å². The van der Waals surface area contributed by atoms with Crippen LogP contribution in [-0.2, 0) is 4.79 Å². The van der Waals surface area contributed by atoms with E-state index in [2.05, 4.69) is 26.2 Å². The van der Waals surface area contributed by atoms with Crippen LogP contribution in [-0.4, -0.2) is 50.2 Å². The lowest BCUT2D eigenvalue weighted by Crippen LogP contribution is -2.41. The predicted molar refractivity (Wildman–Crippen MR) is 88.3 cm³/mol. The molecule has 2 N–H and O–H groups in total. The maximum absolute atomic E-state index is 12.5. The van der Waals surface area contributed by atoms with E-state index in [1.165, 1.54) is 6.33 Å². The van der Waals surface area contributed by atoms with Gasteiger partial charge in [-0.05, 0) is 12.8 Å². The van der Waals surface area contributed by atoms with E-state index < -0.39 is 11.6 Å². The number of carbonyl (C=O) groups excluding carboxylic acids is 2. The number of amides is 2. The number of piperidine rings is 1. The summed E-state index contributed by atoms with van der Waals surface area (Å²) in [6.45, 7) is 1.27. The molecule has 1 saturated heterocycles. The number of primary amides is 1. The minimum absolute atomic E-state index is 0.00370. The Kier molecular flexibility index (Phi) is 4.79. The average Bonchev–Trinajstić information content (AvgIpc) is 3.21. The number of terminal acetylenes is 1. The molecule has 1 unspecified atom stereocenters. The second-order valence-corrected chi connectivity index (χ2v) is 6.43. The number of aromatic nitrogens is 3. The molecular formula is C16H21N7O2. The second kappa shape index (κ2) is 7.01. The molecule has 0 saturated carbocycles. The molecular weight excluding hydrogens is 322 g/mol. The average molecular weight is 343 g/mol. The number of nitrogens with zero attached hydrogens (tertiary/aromatic N) is 6. The van der Waals surface area contributed by atoms with Crippen molar-refractivity contribution in [2.75, 3.05) is 13.1 Å². The Hall–Kier alpha value is -2.76. The van der Waals surface area contributed by atoms with Gasteiger partial charge in [-0.15, -0.1) is 17.4 Å². The first-order valence-electron chi connectivity index (χ1n) is 8.39. The van der Waals surface area contributed by atoms with Crippen LogP contribution >= 0.6 is 0 Å². The van der Waals surface area contributed by atoms with Crippen LogP contribution in [0.5, 0.6) is 0 Å². The topological polar surface area (TPSA) is 119 Å². The van der Waals surface area contributed by atoms with Crippen molar-refractivity contribution in [2.45, 2.75) is 50.2 Å². The van der Waals surface area contributed by atoms with Gasteiger partial charge in [-0.2, -0.15) is 10.2 Å². The molecule has 3 rings (SSSR count). The van der Waals surface area contributed by atoms with Crippen LogP contribution in [0.3, 0.4) is 0 Å². The van der Waals surface area contributed by atoms with Gasteiger partial charge in [0.2, 0.25) is 11.7 Å². The lowest BCUT2D eigenvalue weighted by atomic mass is 10.0. The second-order valence-electron chi connectivity index (χ2n) is 6.43. The van der Waals surface area contributed by atoms with Gasteiger partial charge >= 0.3 is 0 Å². The van der Waals surface area contributed by atoms with Gasteiger partial charge in [0.15, 0.2) is 5.66 Å². The summed E-state index contributed by atoms with van der Waals surface area (Å²) in [5.41, 5.74) is 4.75. The third-order valence-electron chi connectivity index (χ3n) is 4.64. The van der Waals surface area contributed by atoms with Gasteiger partial charge in [-0.3, -0.25) is 9.59 Å². The van der Waals surface area contributed by atoms with Crippen molar-refractivity contribution in [3.8, 4) is 12.3 Å². The highest BCUT2D eigenvalue weighted by atomic mass is 16.2. The quantitative estimate of drug-likeness (QED) is 0.740. The van der Waals surface area contributed by atoms with Crippen molar-refractivity contribution in [1.29, 1.82) is 0 Å². The molecule has 9 nitrogen and oxygen atoms in total.